The molecule has 13 heteroatoms. The van der Waals surface area contributed by atoms with Gasteiger partial charge in [-0.05, 0) is 53.1 Å². The van der Waals surface area contributed by atoms with Crippen molar-refractivity contribution in [1.29, 1.82) is 0 Å². The average Bonchev–Trinajstić information content (AvgIpc) is 3.58. The quantitative estimate of drug-likeness (QED) is 0.516. The van der Waals surface area contributed by atoms with Crippen LogP contribution >= 0.6 is 11.8 Å². The van der Waals surface area contributed by atoms with Crippen LogP contribution in [0.25, 0.3) is 0 Å². The Balaban J connectivity index is 1.40. The van der Waals surface area contributed by atoms with Gasteiger partial charge in [-0.15, -0.1) is 16.9 Å². The number of likely N-dealkylation sites (tertiary alicyclic amines) is 2. The van der Waals surface area contributed by atoms with Crippen molar-refractivity contribution in [2.45, 2.75) is 70.2 Å². The number of methoxy groups -OCH3 is 1. The molecule has 200 valence electrons. The molecule has 0 unspecified atom stereocenters. The van der Waals surface area contributed by atoms with E-state index in [2.05, 4.69) is 14.7 Å². The predicted molar refractivity (Wildman–Crippen MR) is 130 cm³/mol. The van der Waals surface area contributed by atoms with E-state index >= 15 is 0 Å². The molecule has 0 aromatic carbocycles. The van der Waals surface area contributed by atoms with Crippen molar-refractivity contribution in [3.8, 4) is 0 Å². The van der Waals surface area contributed by atoms with Gasteiger partial charge in [-0.3, -0.25) is 19.4 Å². The molecule has 0 N–H and O–H groups in total. The third-order valence-corrected chi connectivity index (χ3v) is 7.75. The molecule has 0 aliphatic carbocycles. The molecule has 3 aliphatic rings. The molecule has 0 saturated carbocycles. The maximum absolute atomic E-state index is 13.3. The van der Waals surface area contributed by atoms with Crippen molar-refractivity contribution in [3.05, 3.63) is 16.4 Å². The highest BCUT2D eigenvalue weighted by atomic mass is 32.2. The number of hydrogen-bond acceptors (Lipinski definition) is 10. The Bertz CT molecular complexity index is 1020. The van der Waals surface area contributed by atoms with Gasteiger partial charge in [0.1, 0.15) is 18.2 Å². The zero-order valence-electron chi connectivity index (χ0n) is 21.3. The van der Waals surface area contributed by atoms with Crippen LogP contribution in [0.5, 0.6) is 0 Å². The second-order valence-corrected chi connectivity index (χ2v) is 11.5. The summed E-state index contributed by atoms with van der Waals surface area (Å²) in [7, 11) is 1.25. The lowest BCUT2D eigenvalue weighted by molar-refractivity contribution is -0.141. The van der Waals surface area contributed by atoms with Crippen molar-refractivity contribution in [2.24, 2.45) is 0 Å². The number of aromatic nitrogens is 2. The van der Waals surface area contributed by atoms with E-state index in [4.69, 9.17) is 9.15 Å². The molecular weight excluding hydrogens is 490 g/mol. The summed E-state index contributed by atoms with van der Waals surface area (Å²) in [6.07, 6.45) is 1.53. The van der Waals surface area contributed by atoms with Crippen molar-refractivity contribution < 1.29 is 28.3 Å². The summed E-state index contributed by atoms with van der Waals surface area (Å²) in [6.45, 7) is 7.74. The fourth-order valence-corrected chi connectivity index (χ4v) is 5.87. The molecule has 0 spiro atoms. The summed E-state index contributed by atoms with van der Waals surface area (Å²) >= 11 is 1.72. The number of piperidine rings is 1. The standard InChI is InChI=1S/C23H35N5O7S/c1-23(2,3)35-21(31)27-12-16(11-17(27)20(30)26-9-10-36-14-26)25-7-5-15(6-8-25)19-24-28(22(32)34-19)13-18(29)33-4/h15-17H,5-14H2,1-4H3/t16-,17-/m0/s1. The molecule has 3 saturated heterocycles. The van der Waals surface area contributed by atoms with Gasteiger partial charge in [0, 0.05) is 30.8 Å². The largest absolute Gasteiger partial charge is 0.468 e. The Labute approximate surface area is 214 Å². The minimum absolute atomic E-state index is 0.0128. The summed E-state index contributed by atoms with van der Waals surface area (Å²) in [4.78, 5) is 55.5. The summed E-state index contributed by atoms with van der Waals surface area (Å²) in [5, 5.41) is 4.19. The van der Waals surface area contributed by atoms with Gasteiger partial charge in [-0.2, -0.15) is 4.68 Å². The van der Waals surface area contributed by atoms with E-state index in [9.17, 15) is 19.2 Å². The molecule has 2 atom stereocenters. The molecule has 36 heavy (non-hydrogen) atoms. The van der Waals surface area contributed by atoms with Crippen LogP contribution in [0, 0.1) is 0 Å². The minimum atomic E-state index is -0.678. The Hall–Kier alpha value is -2.54. The Kier molecular flexibility index (Phi) is 7.98. The SMILES string of the molecule is COC(=O)Cn1nc(C2CCN([C@H]3C[C@@H](C(=O)N4CCSC4)N(C(=O)OC(C)(C)C)C3)CC2)oc1=O. The molecule has 1 aromatic rings. The van der Waals surface area contributed by atoms with Crippen LogP contribution < -0.4 is 5.76 Å². The van der Waals surface area contributed by atoms with E-state index in [-0.39, 0.29) is 24.4 Å². The van der Waals surface area contributed by atoms with Gasteiger partial charge in [-0.25, -0.2) is 9.59 Å². The molecule has 3 aliphatic heterocycles. The first-order valence-electron chi connectivity index (χ1n) is 12.3. The van der Waals surface area contributed by atoms with Gasteiger partial charge in [0.25, 0.3) is 0 Å². The molecule has 1 aromatic heterocycles. The second kappa shape index (κ2) is 10.8. The Morgan fingerprint density at radius 1 is 1.17 bits per heavy atom. The van der Waals surface area contributed by atoms with Gasteiger partial charge in [0.15, 0.2) is 0 Å². The van der Waals surface area contributed by atoms with Gasteiger partial charge in [-0.1, -0.05) is 0 Å². The highest BCUT2D eigenvalue weighted by Crippen LogP contribution is 2.32. The van der Waals surface area contributed by atoms with Gasteiger partial charge in [0.05, 0.1) is 13.0 Å². The monoisotopic (exact) mass is 525 g/mol. The van der Waals surface area contributed by atoms with Crippen LogP contribution in [0.15, 0.2) is 9.21 Å². The molecule has 0 radical (unpaired) electrons. The van der Waals surface area contributed by atoms with Crippen LogP contribution in [0.4, 0.5) is 4.79 Å². The molecular formula is C23H35N5O7S. The second-order valence-electron chi connectivity index (χ2n) is 10.4. The normalized spacial score (nSPS) is 23.8. The number of nitrogens with zero attached hydrogens (tertiary/aromatic N) is 5. The van der Waals surface area contributed by atoms with E-state index < -0.39 is 29.5 Å². The van der Waals surface area contributed by atoms with E-state index in [1.165, 1.54) is 7.11 Å². The minimum Gasteiger partial charge on any atom is -0.468 e. The lowest BCUT2D eigenvalue weighted by Gasteiger charge is -2.34. The van der Waals surface area contributed by atoms with Crippen molar-refractivity contribution in [3.63, 3.8) is 0 Å². The zero-order valence-corrected chi connectivity index (χ0v) is 22.1. The molecule has 0 bridgehead atoms. The summed E-state index contributed by atoms with van der Waals surface area (Å²) < 4.78 is 16.5. The van der Waals surface area contributed by atoms with Crippen LogP contribution in [0.1, 0.15) is 51.8 Å². The lowest BCUT2D eigenvalue weighted by atomic mass is 9.95. The smallest absolute Gasteiger partial charge is 0.437 e. The Morgan fingerprint density at radius 2 is 1.89 bits per heavy atom. The van der Waals surface area contributed by atoms with E-state index in [1.807, 2.05) is 25.7 Å². The van der Waals surface area contributed by atoms with Crippen LogP contribution in [-0.2, 0) is 25.6 Å². The van der Waals surface area contributed by atoms with Crippen molar-refractivity contribution in [2.75, 3.05) is 44.9 Å². The van der Waals surface area contributed by atoms with Gasteiger partial charge < -0.3 is 18.8 Å². The third-order valence-electron chi connectivity index (χ3n) is 6.78. The Morgan fingerprint density at radius 3 is 2.50 bits per heavy atom. The topological polar surface area (TPSA) is 127 Å². The highest BCUT2D eigenvalue weighted by Gasteiger charge is 2.45. The van der Waals surface area contributed by atoms with Crippen molar-refractivity contribution in [1.82, 2.24) is 24.5 Å². The van der Waals surface area contributed by atoms with Crippen LogP contribution in [0.2, 0.25) is 0 Å². The average molecular weight is 526 g/mol. The molecule has 4 rings (SSSR count). The fourth-order valence-electron chi connectivity index (χ4n) is 4.92. The maximum atomic E-state index is 13.3. The third kappa shape index (κ3) is 6.05. The van der Waals surface area contributed by atoms with Gasteiger partial charge >= 0.3 is 17.8 Å². The first-order chi connectivity index (χ1) is 17.1. The molecule has 4 heterocycles. The number of hydrogen-bond donors (Lipinski definition) is 0. The summed E-state index contributed by atoms with van der Waals surface area (Å²) in [5.41, 5.74) is -0.647. The van der Waals surface area contributed by atoms with Gasteiger partial charge in [0.2, 0.25) is 11.8 Å². The number of thioether (sulfide) groups is 1. The molecule has 3 fully saturated rings. The highest BCUT2D eigenvalue weighted by molar-refractivity contribution is 7.99. The molecule has 12 nitrogen and oxygen atoms in total. The fraction of sp³-hybridized carbons (Fsp3) is 0.783. The zero-order chi connectivity index (χ0) is 26.0. The number of esters is 1. The van der Waals surface area contributed by atoms with Crippen molar-refractivity contribution >= 4 is 29.7 Å². The first-order valence-corrected chi connectivity index (χ1v) is 13.5. The predicted octanol–water partition coefficient (Wildman–Crippen LogP) is 1.10. The first kappa shape index (κ1) is 26.5. The number of ether oxygens (including phenoxy) is 2. The number of amides is 2. The summed E-state index contributed by atoms with van der Waals surface area (Å²) in [5.74, 6) is 0.581. The molecule has 2 amide bonds. The number of carbonyl (C=O) groups is 3. The van der Waals surface area contributed by atoms with E-state index in [0.717, 1.165) is 10.4 Å². The number of carbonyl (C=O) groups excluding carboxylic acids is 3. The van der Waals surface area contributed by atoms with Crippen LogP contribution in [-0.4, -0.2) is 105 Å². The van der Waals surface area contributed by atoms with Crippen LogP contribution in [0.3, 0.4) is 0 Å². The lowest BCUT2D eigenvalue weighted by Crippen LogP contribution is -2.48. The number of rotatable bonds is 5. The van der Waals surface area contributed by atoms with E-state index in [1.54, 1.807) is 16.7 Å². The van der Waals surface area contributed by atoms with E-state index in [0.29, 0.717) is 57.2 Å². The summed E-state index contributed by atoms with van der Waals surface area (Å²) in [6, 6.07) is -0.500. The maximum Gasteiger partial charge on any atom is 0.437 e.